The molecule has 2 N–H and O–H groups in total. The molecule has 2 aromatic heterocycles. The molecule has 3 heterocycles. The average Bonchev–Trinajstić information content (AvgIpc) is 3.14. The maximum absolute atomic E-state index is 12.8. The Bertz CT molecular complexity index is 1210. The number of primary sulfonamides is 1. The van der Waals surface area contributed by atoms with Crippen molar-refractivity contribution in [2.75, 3.05) is 36.8 Å². The number of anilines is 1. The summed E-state index contributed by atoms with van der Waals surface area (Å²) in [5.74, 6) is 1.13. The molecule has 1 fully saturated rings. The van der Waals surface area contributed by atoms with Gasteiger partial charge in [-0.2, -0.15) is 0 Å². The van der Waals surface area contributed by atoms with Gasteiger partial charge in [-0.15, -0.1) is 0 Å². The van der Waals surface area contributed by atoms with E-state index in [4.69, 9.17) is 5.14 Å². The highest BCUT2D eigenvalue weighted by atomic mass is 32.2. The van der Waals surface area contributed by atoms with Gasteiger partial charge in [0.25, 0.3) is 0 Å². The summed E-state index contributed by atoms with van der Waals surface area (Å²) in [6.07, 6.45) is 5.92. The number of fused-ring (bicyclic) bond motifs is 1. The topological polar surface area (TPSA) is 127 Å². The lowest BCUT2D eigenvalue weighted by atomic mass is 10.3. The number of hydrogen-bond acceptors (Lipinski definition) is 8. The first kappa shape index (κ1) is 22.5. The highest BCUT2D eigenvalue weighted by molar-refractivity contribution is 7.99. The van der Waals surface area contributed by atoms with Gasteiger partial charge in [-0.05, 0) is 24.6 Å². The third-order valence-electron chi connectivity index (χ3n) is 5.29. The molecule has 1 aromatic carbocycles. The van der Waals surface area contributed by atoms with E-state index in [1.807, 2.05) is 9.47 Å². The highest BCUT2D eigenvalue weighted by Gasteiger charge is 2.23. The number of carbonyl (C=O) groups excluding carboxylic acids is 1. The van der Waals surface area contributed by atoms with Crippen LogP contribution in [0.1, 0.15) is 13.3 Å². The van der Waals surface area contributed by atoms with E-state index in [0.717, 1.165) is 24.3 Å². The molecule has 0 aliphatic carbocycles. The SMILES string of the molecule is CCCn1c(SCC(=O)N2CCN(c3cnccn3)CC2)nc2cc(S(N)(=O)=O)ccc21. The van der Waals surface area contributed by atoms with E-state index in [9.17, 15) is 13.2 Å². The smallest absolute Gasteiger partial charge is 0.238 e. The second-order valence-corrected chi connectivity index (χ2v) is 9.97. The summed E-state index contributed by atoms with van der Waals surface area (Å²) < 4.78 is 25.4. The fourth-order valence-electron chi connectivity index (χ4n) is 3.67. The number of aryl methyl sites for hydroxylation is 1. The number of aromatic nitrogens is 4. The largest absolute Gasteiger partial charge is 0.352 e. The van der Waals surface area contributed by atoms with E-state index in [1.54, 1.807) is 24.7 Å². The number of piperazine rings is 1. The quantitative estimate of drug-likeness (QED) is 0.507. The Morgan fingerprint density at radius 2 is 1.97 bits per heavy atom. The van der Waals surface area contributed by atoms with Crippen molar-refractivity contribution in [3.05, 3.63) is 36.8 Å². The third-order valence-corrected chi connectivity index (χ3v) is 7.16. The Kier molecular flexibility index (Phi) is 6.63. The van der Waals surface area contributed by atoms with Gasteiger partial charge in [-0.25, -0.2) is 23.5 Å². The predicted molar refractivity (Wildman–Crippen MR) is 123 cm³/mol. The number of hydrogen-bond donors (Lipinski definition) is 1. The molecule has 1 aliphatic rings. The first-order valence-electron chi connectivity index (χ1n) is 10.3. The molecule has 1 aliphatic heterocycles. The molecule has 0 atom stereocenters. The van der Waals surface area contributed by atoms with Crippen LogP contribution in [-0.4, -0.2) is 70.7 Å². The van der Waals surface area contributed by atoms with Crippen molar-refractivity contribution < 1.29 is 13.2 Å². The third kappa shape index (κ3) is 4.87. The molecule has 3 aromatic rings. The number of carbonyl (C=O) groups is 1. The Morgan fingerprint density at radius 3 is 2.62 bits per heavy atom. The molecule has 0 unspecified atom stereocenters. The number of rotatable bonds is 7. The number of nitrogens with two attached hydrogens (primary N) is 1. The fraction of sp³-hybridized carbons (Fsp3) is 0.400. The molecule has 32 heavy (non-hydrogen) atoms. The molecule has 0 saturated carbocycles. The maximum Gasteiger partial charge on any atom is 0.238 e. The maximum atomic E-state index is 12.8. The summed E-state index contributed by atoms with van der Waals surface area (Å²) in [5, 5.41) is 5.95. The molecule has 4 rings (SSSR count). The van der Waals surface area contributed by atoms with Gasteiger partial charge in [0.1, 0.15) is 5.82 Å². The van der Waals surface area contributed by atoms with Gasteiger partial charge in [0, 0.05) is 45.1 Å². The normalized spacial score (nSPS) is 14.8. The van der Waals surface area contributed by atoms with Crippen molar-refractivity contribution in [3.8, 4) is 0 Å². The number of sulfonamides is 1. The van der Waals surface area contributed by atoms with Gasteiger partial charge in [-0.1, -0.05) is 18.7 Å². The van der Waals surface area contributed by atoms with Crippen molar-refractivity contribution in [2.45, 2.75) is 29.9 Å². The Labute approximate surface area is 190 Å². The average molecular weight is 476 g/mol. The van der Waals surface area contributed by atoms with Crippen LogP contribution in [0.15, 0.2) is 46.8 Å². The summed E-state index contributed by atoms with van der Waals surface area (Å²) in [4.78, 5) is 29.8. The monoisotopic (exact) mass is 475 g/mol. The second kappa shape index (κ2) is 9.43. The van der Waals surface area contributed by atoms with Crippen LogP contribution in [-0.2, 0) is 21.4 Å². The van der Waals surface area contributed by atoms with Crippen LogP contribution in [0.4, 0.5) is 5.82 Å². The van der Waals surface area contributed by atoms with Crippen LogP contribution in [0.5, 0.6) is 0 Å². The Morgan fingerprint density at radius 1 is 1.19 bits per heavy atom. The number of nitrogens with zero attached hydrogens (tertiary/aromatic N) is 6. The van der Waals surface area contributed by atoms with Gasteiger partial charge in [0.2, 0.25) is 15.9 Å². The predicted octanol–water partition coefficient (Wildman–Crippen LogP) is 1.32. The molecule has 1 saturated heterocycles. The van der Waals surface area contributed by atoms with E-state index in [-0.39, 0.29) is 16.6 Å². The molecular formula is C20H25N7O3S2. The zero-order valence-electron chi connectivity index (χ0n) is 17.7. The number of benzene rings is 1. The van der Waals surface area contributed by atoms with Crippen LogP contribution < -0.4 is 10.0 Å². The van der Waals surface area contributed by atoms with Crippen LogP contribution in [0.3, 0.4) is 0 Å². The summed E-state index contributed by atoms with van der Waals surface area (Å²) >= 11 is 1.37. The lowest BCUT2D eigenvalue weighted by molar-refractivity contribution is -0.128. The highest BCUT2D eigenvalue weighted by Crippen LogP contribution is 2.27. The minimum absolute atomic E-state index is 0.0275. The molecular weight excluding hydrogens is 450 g/mol. The zero-order valence-corrected chi connectivity index (χ0v) is 19.3. The molecule has 170 valence electrons. The van der Waals surface area contributed by atoms with Crippen molar-refractivity contribution in [1.29, 1.82) is 0 Å². The number of amides is 1. The zero-order chi connectivity index (χ0) is 22.7. The first-order valence-corrected chi connectivity index (χ1v) is 12.8. The molecule has 12 heteroatoms. The summed E-state index contributed by atoms with van der Waals surface area (Å²) in [5.41, 5.74) is 1.38. The van der Waals surface area contributed by atoms with E-state index in [1.165, 1.54) is 23.9 Å². The molecule has 0 radical (unpaired) electrons. The number of imidazole rings is 1. The Balaban J connectivity index is 1.43. The van der Waals surface area contributed by atoms with Gasteiger partial charge in [-0.3, -0.25) is 9.78 Å². The van der Waals surface area contributed by atoms with E-state index in [2.05, 4.69) is 26.8 Å². The molecule has 10 nitrogen and oxygen atoms in total. The van der Waals surface area contributed by atoms with Crippen molar-refractivity contribution >= 4 is 44.5 Å². The minimum Gasteiger partial charge on any atom is -0.352 e. The van der Waals surface area contributed by atoms with Crippen molar-refractivity contribution in [2.24, 2.45) is 5.14 Å². The van der Waals surface area contributed by atoms with Crippen LogP contribution in [0.2, 0.25) is 0 Å². The van der Waals surface area contributed by atoms with Gasteiger partial charge < -0.3 is 14.4 Å². The fourth-order valence-corrected chi connectivity index (χ4v) is 5.15. The minimum atomic E-state index is -3.80. The summed E-state index contributed by atoms with van der Waals surface area (Å²) in [6.45, 7) is 5.44. The lowest BCUT2D eigenvalue weighted by Crippen LogP contribution is -2.49. The van der Waals surface area contributed by atoms with Crippen LogP contribution in [0, 0.1) is 0 Å². The molecule has 0 bridgehead atoms. The van der Waals surface area contributed by atoms with Gasteiger partial charge in [0.05, 0.1) is 27.9 Å². The second-order valence-electron chi connectivity index (χ2n) is 7.46. The van der Waals surface area contributed by atoms with Gasteiger partial charge >= 0.3 is 0 Å². The van der Waals surface area contributed by atoms with Crippen molar-refractivity contribution in [1.82, 2.24) is 24.4 Å². The lowest BCUT2D eigenvalue weighted by Gasteiger charge is -2.35. The van der Waals surface area contributed by atoms with Crippen molar-refractivity contribution in [3.63, 3.8) is 0 Å². The van der Waals surface area contributed by atoms with E-state index in [0.29, 0.717) is 36.9 Å². The number of thioether (sulfide) groups is 1. The van der Waals surface area contributed by atoms with Gasteiger partial charge in [0.15, 0.2) is 5.16 Å². The Hall–Kier alpha value is -2.70. The molecule has 1 amide bonds. The molecule has 0 spiro atoms. The summed E-state index contributed by atoms with van der Waals surface area (Å²) in [6, 6.07) is 4.69. The standard InChI is InChI=1S/C20H25N7O3S2/c1-2-7-27-17-4-3-15(32(21,29)30)12-16(17)24-20(27)31-14-19(28)26-10-8-25(9-11-26)18-13-22-5-6-23-18/h3-6,12-13H,2,7-11,14H2,1H3,(H2,21,29,30). The van der Waals surface area contributed by atoms with Crippen LogP contribution in [0.25, 0.3) is 11.0 Å². The summed E-state index contributed by atoms with van der Waals surface area (Å²) in [7, 11) is -3.80. The van der Waals surface area contributed by atoms with E-state index >= 15 is 0 Å². The van der Waals surface area contributed by atoms with Crippen LogP contribution >= 0.6 is 11.8 Å². The van der Waals surface area contributed by atoms with E-state index < -0.39 is 10.0 Å². The first-order chi connectivity index (χ1) is 15.4.